The average Bonchev–Trinajstić information content (AvgIpc) is 3.58. The van der Waals surface area contributed by atoms with Gasteiger partial charge in [-0.2, -0.15) is 5.26 Å². The summed E-state index contributed by atoms with van der Waals surface area (Å²) in [7, 11) is 0. The third kappa shape index (κ3) is 4.07. The molecule has 2 aliphatic heterocycles. The van der Waals surface area contributed by atoms with Crippen LogP contribution in [0.3, 0.4) is 0 Å². The third-order valence-electron chi connectivity index (χ3n) is 5.98. The van der Waals surface area contributed by atoms with E-state index in [1.165, 1.54) is 12.1 Å². The molecule has 0 bridgehead atoms. The standard InChI is InChI=1S/C21H27FN6O/c22-17-5-3-14(4-6-17)15-7-10-27(11-8-15)21-18(13-23)20(25-9-12-29)28(24)19(26-21)16-1-2-16/h3-6,15-16,19,26,29H,1-2,7-12,24H2. The summed E-state index contributed by atoms with van der Waals surface area (Å²) in [5.41, 5.74) is 1.59. The van der Waals surface area contributed by atoms with Crippen molar-refractivity contribution in [3.05, 3.63) is 47.0 Å². The lowest BCUT2D eigenvalue weighted by molar-refractivity contribution is 0.185. The van der Waals surface area contributed by atoms with Gasteiger partial charge in [0, 0.05) is 13.1 Å². The van der Waals surface area contributed by atoms with Crippen LogP contribution in [0, 0.1) is 23.1 Å². The van der Waals surface area contributed by atoms with E-state index < -0.39 is 0 Å². The van der Waals surface area contributed by atoms with Gasteiger partial charge in [0.2, 0.25) is 0 Å². The summed E-state index contributed by atoms with van der Waals surface area (Å²) < 4.78 is 13.2. The minimum atomic E-state index is -0.214. The van der Waals surface area contributed by atoms with Gasteiger partial charge in [0.1, 0.15) is 29.4 Å². The molecule has 4 N–H and O–H groups in total. The fourth-order valence-corrected chi connectivity index (χ4v) is 4.25. The average molecular weight is 398 g/mol. The fraction of sp³-hybridized carbons (Fsp3) is 0.524. The first-order chi connectivity index (χ1) is 14.1. The highest BCUT2D eigenvalue weighted by Gasteiger charge is 2.42. The molecular formula is C21H27FN6O. The Labute approximate surface area is 170 Å². The van der Waals surface area contributed by atoms with Gasteiger partial charge in [-0.3, -0.25) is 10.0 Å². The Morgan fingerprint density at radius 1 is 1.21 bits per heavy atom. The minimum absolute atomic E-state index is 0.0873. The van der Waals surface area contributed by atoms with E-state index in [0.29, 0.717) is 23.2 Å². The number of amidine groups is 1. The first kappa shape index (κ1) is 19.7. The predicted molar refractivity (Wildman–Crippen MR) is 108 cm³/mol. The Morgan fingerprint density at radius 2 is 1.90 bits per heavy atom. The van der Waals surface area contributed by atoms with Crippen molar-refractivity contribution in [1.82, 2.24) is 15.2 Å². The second-order valence-electron chi connectivity index (χ2n) is 7.91. The van der Waals surface area contributed by atoms with Crippen molar-refractivity contribution in [3.63, 3.8) is 0 Å². The molecule has 4 rings (SSSR count). The van der Waals surface area contributed by atoms with Crippen molar-refractivity contribution in [1.29, 1.82) is 5.26 Å². The number of nitrogens with zero attached hydrogens (tertiary/aromatic N) is 4. The van der Waals surface area contributed by atoms with E-state index in [1.54, 1.807) is 5.01 Å². The maximum Gasteiger partial charge on any atom is 0.161 e. The molecule has 154 valence electrons. The number of halogens is 1. The lowest BCUT2D eigenvalue weighted by Gasteiger charge is -2.43. The van der Waals surface area contributed by atoms with Gasteiger partial charge in [0.15, 0.2) is 5.84 Å². The normalized spacial score (nSPS) is 24.6. The van der Waals surface area contributed by atoms with Crippen molar-refractivity contribution in [2.24, 2.45) is 16.8 Å². The van der Waals surface area contributed by atoms with Crippen LogP contribution in [0.4, 0.5) is 4.39 Å². The smallest absolute Gasteiger partial charge is 0.161 e. The molecule has 0 radical (unpaired) electrons. The van der Waals surface area contributed by atoms with E-state index in [-0.39, 0.29) is 25.1 Å². The maximum atomic E-state index is 13.2. The summed E-state index contributed by atoms with van der Waals surface area (Å²) >= 11 is 0. The number of nitrogens with one attached hydrogen (secondary N) is 1. The molecule has 8 heteroatoms. The lowest BCUT2D eigenvalue weighted by Crippen LogP contribution is -2.60. The van der Waals surface area contributed by atoms with Crippen molar-refractivity contribution in [3.8, 4) is 6.07 Å². The van der Waals surface area contributed by atoms with Crippen LogP contribution in [0.2, 0.25) is 0 Å². The lowest BCUT2D eigenvalue weighted by atomic mass is 9.89. The zero-order valence-electron chi connectivity index (χ0n) is 16.4. The van der Waals surface area contributed by atoms with Crippen molar-refractivity contribution in [2.75, 3.05) is 26.2 Å². The summed E-state index contributed by atoms with van der Waals surface area (Å²) in [5, 5.41) is 24.1. The number of nitrogens with two attached hydrogens (primary N) is 1. The third-order valence-corrected chi connectivity index (χ3v) is 5.98. The number of aliphatic hydroxyl groups excluding tert-OH is 1. The van der Waals surface area contributed by atoms with E-state index in [2.05, 4.69) is 21.3 Å². The molecule has 1 aromatic carbocycles. The molecule has 1 aliphatic carbocycles. The predicted octanol–water partition coefficient (Wildman–Crippen LogP) is 1.65. The van der Waals surface area contributed by atoms with Crippen LogP contribution < -0.4 is 11.2 Å². The zero-order chi connectivity index (χ0) is 20.4. The van der Waals surface area contributed by atoms with Crippen LogP contribution in [0.25, 0.3) is 0 Å². The highest BCUT2D eigenvalue weighted by molar-refractivity contribution is 6.03. The molecule has 0 aromatic heterocycles. The molecule has 0 spiro atoms. The quantitative estimate of drug-likeness (QED) is 0.652. The number of hydrazine groups is 1. The number of likely N-dealkylation sites (tertiary alicyclic amines) is 1. The molecule has 3 aliphatic rings. The van der Waals surface area contributed by atoms with Gasteiger partial charge in [0.05, 0.1) is 13.2 Å². The molecule has 2 heterocycles. The van der Waals surface area contributed by atoms with Crippen molar-refractivity contribution < 1.29 is 9.50 Å². The number of benzene rings is 1. The van der Waals surface area contributed by atoms with Gasteiger partial charge in [0.25, 0.3) is 0 Å². The first-order valence-corrected chi connectivity index (χ1v) is 10.2. The highest BCUT2D eigenvalue weighted by Crippen LogP contribution is 2.37. The largest absolute Gasteiger partial charge is 0.394 e. The Balaban J connectivity index is 1.55. The van der Waals surface area contributed by atoms with Gasteiger partial charge < -0.3 is 15.3 Å². The summed E-state index contributed by atoms with van der Waals surface area (Å²) in [6.07, 6.45) is 3.97. The number of piperidine rings is 1. The molecule has 0 amide bonds. The molecule has 1 atom stereocenters. The molecule has 1 saturated heterocycles. The van der Waals surface area contributed by atoms with Gasteiger partial charge >= 0.3 is 0 Å². The van der Waals surface area contributed by atoms with E-state index in [4.69, 9.17) is 5.84 Å². The van der Waals surface area contributed by atoms with Crippen LogP contribution in [-0.2, 0) is 0 Å². The fourth-order valence-electron chi connectivity index (χ4n) is 4.25. The van der Waals surface area contributed by atoms with E-state index >= 15 is 0 Å². The van der Waals surface area contributed by atoms with Gasteiger partial charge in [-0.25, -0.2) is 10.2 Å². The Kier molecular flexibility index (Phi) is 5.69. The number of hydrogen-bond donors (Lipinski definition) is 3. The van der Waals surface area contributed by atoms with Gasteiger partial charge in [-0.1, -0.05) is 12.1 Å². The van der Waals surface area contributed by atoms with Crippen LogP contribution in [0.1, 0.15) is 37.2 Å². The first-order valence-electron chi connectivity index (χ1n) is 10.2. The van der Waals surface area contributed by atoms with Crippen LogP contribution in [0.5, 0.6) is 0 Å². The SMILES string of the molecule is N#CC1=C(N2CCC(c3ccc(F)cc3)CC2)NC(C2CC2)N(N)C1=NCCO. The number of aliphatic hydroxyl groups is 1. The Morgan fingerprint density at radius 3 is 2.48 bits per heavy atom. The van der Waals surface area contributed by atoms with E-state index in [9.17, 15) is 14.8 Å². The van der Waals surface area contributed by atoms with Gasteiger partial charge in [-0.05, 0) is 55.2 Å². The molecule has 1 unspecified atom stereocenters. The molecule has 1 aromatic rings. The number of aliphatic imine (C=N–C) groups is 1. The number of hydrogen-bond acceptors (Lipinski definition) is 6. The molecule has 29 heavy (non-hydrogen) atoms. The maximum absolute atomic E-state index is 13.2. The summed E-state index contributed by atoms with van der Waals surface area (Å²) in [4.78, 5) is 6.60. The van der Waals surface area contributed by atoms with Crippen LogP contribution >= 0.6 is 0 Å². The summed E-state index contributed by atoms with van der Waals surface area (Å²) in [6.45, 7) is 1.72. The summed E-state index contributed by atoms with van der Waals surface area (Å²) in [6, 6.07) is 9.03. The molecule has 7 nitrogen and oxygen atoms in total. The van der Waals surface area contributed by atoms with Crippen molar-refractivity contribution >= 4 is 5.84 Å². The number of rotatable bonds is 5. The second-order valence-corrected chi connectivity index (χ2v) is 7.91. The van der Waals surface area contributed by atoms with Crippen molar-refractivity contribution in [2.45, 2.75) is 37.8 Å². The molecular weight excluding hydrogens is 371 g/mol. The highest BCUT2D eigenvalue weighted by atomic mass is 19.1. The van der Waals surface area contributed by atoms with Crippen LogP contribution in [0.15, 0.2) is 40.7 Å². The molecule has 1 saturated carbocycles. The second kappa shape index (κ2) is 8.39. The topological polar surface area (TPSA) is 101 Å². The summed E-state index contributed by atoms with van der Waals surface area (Å²) in [5.74, 6) is 8.15. The monoisotopic (exact) mass is 398 g/mol. The van der Waals surface area contributed by atoms with E-state index in [0.717, 1.165) is 50.2 Å². The number of nitriles is 1. The van der Waals surface area contributed by atoms with Crippen LogP contribution in [-0.4, -0.2) is 53.3 Å². The molecule has 2 fully saturated rings. The minimum Gasteiger partial charge on any atom is -0.394 e. The zero-order valence-corrected chi connectivity index (χ0v) is 16.4. The van der Waals surface area contributed by atoms with E-state index in [1.807, 2.05) is 12.1 Å². The Bertz CT molecular complexity index is 834. The Hall–Kier alpha value is -2.63. The van der Waals surface area contributed by atoms with Gasteiger partial charge in [-0.15, -0.1) is 0 Å².